The van der Waals surface area contributed by atoms with Crippen molar-refractivity contribution >= 4 is 23.0 Å². The Morgan fingerprint density at radius 2 is 1.91 bits per heavy atom. The summed E-state index contributed by atoms with van der Waals surface area (Å²) in [4.78, 5) is 21.0. The van der Waals surface area contributed by atoms with Crippen LogP contribution in [0, 0.1) is 17.1 Å². The molecule has 3 aromatic rings. The Morgan fingerprint density at radius 3 is 2.57 bits per heavy atom. The highest BCUT2D eigenvalue weighted by atomic mass is 19.4. The Hall–Kier alpha value is -4.06. The van der Waals surface area contributed by atoms with Crippen molar-refractivity contribution in [3.8, 4) is 6.07 Å². The van der Waals surface area contributed by atoms with E-state index in [0.29, 0.717) is 41.8 Å². The highest BCUT2D eigenvalue weighted by molar-refractivity contribution is 6.05. The molecule has 176 valence electrons. The number of aromatic nitrogens is 1. The number of aliphatic imine (C=N–C) groups is 1. The number of anilines is 1. The lowest BCUT2D eigenvalue weighted by Gasteiger charge is -2.42. The van der Waals surface area contributed by atoms with E-state index in [-0.39, 0.29) is 16.9 Å². The minimum atomic E-state index is -4.51. The van der Waals surface area contributed by atoms with E-state index in [1.807, 2.05) is 6.07 Å². The Kier molecular flexibility index (Phi) is 5.39. The van der Waals surface area contributed by atoms with Gasteiger partial charge in [-0.25, -0.2) is 4.39 Å². The summed E-state index contributed by atoms with van der Waals surface area (Å²) in [5.74, 6) is -1.18. The van der Waals surface area contributed by atoms with E-state index in [1.165, 1.54) is 24.3 Å². The van der Waals surface area contributed by atoms with E-state index in [2.05, 4.69) is 15.3 Å². The molecule has 0 saturated heterocycles. The molecule has 0 unspecified atom stereocenters. The van der Waals surface area contributed by atoms with Gasteiger partial charge in [0.15, 0.2) is 0 Å². The number of halogens is 4. The van der Waals surface area contributed by atoms with Gasteiger partial charge in [-0.1, -0.05) is 18.6 Å². The summed E-state index contributed by atoms with van der Waals surface area (Å²) in [6.45, 7) is 0. The molecular formula is C26H18F4N4O. The number of pyridine rings is 1. The zero-order valence-corrected chi connectivity index (χ0v) is 18.3. The zero-order valence-electron chi connectivity index (χ0n) is 18.3. The molecule has 1 aliphatic carbocycles. The number of hydrogen-bond acceptors (Lipinski definition) is 4. The summed E-state index contributed by atoms with van der Waals surface area (Å²) in [5.41, 5.74) is 1.11. The van der Waals surface area contributed by atoms with Crippen LogP contribution in [0.3, 0.4) is 0 Å². The van der Waals surface area contributed by atoms with Gasteiger partial charge in [-0.15, -0.1) is 0 Å². The van der Waals surface area contributed by atoms with Crippen molar-refractivity contribution in [3.05, 3.63) is 88.5 Å². The molecule has 1 aliphatic heterocycles. The summed E-state index contributed by atoms with van der Waals surface area (Å²) in [7, 11) is 0. The number of fused-ring (bicyclic) bond motifs is 1. The maximum Gasteiger partial charge on any atom is 0.417 e. The fourth-order valence-corrected chi connectivity index (χ4v) is 4.60. The van der Waals surface area contributed by atoms with Crippen LogP contribution in [-0.4, -0.2) is 16.6 Å². The van der Waals surface area contributed by atoms with E-state index in [4.69, 9.17) is 5.26 Å². The third-order valence-corrected chi connectivity index (χ3v) is 6.65. The Labute approximate surface area is 198 Å². The molecule has 0 spiro atoms. The molecule has 0 bridgehead atoms. The molecule has 1 aromatic heterocycles. The lowest BCUT2D eigenvalue weighted by atomic mass is 9.61. The van der Waals surface area contributed by atoms with Gasteiger partial charge >= 0.3 is 6.18 Å². The summed E-state index contributed by atoms with van der Waals surface area (Å²) in [5, 5.41) is 11.5. The molecule has 2 heterocycles. The Morgan fingerprint density at radius 1 is 1.11 bits per heavy atom. The standard InChI is InChI=1S/C26H18F4N4O/c27-19-10-17(5-6-20(19)34-24(35)16-4-1-3-15(9-16)13-31)25(7-2-8-25)23-12-21-22(33-23)11-18(14-32-21)26(28,29)30/h1,3-6,9-11,14H,2,7-8,12H2,(H,34,35). The van der Waals surface area contributed by atoms with Gasteiger partial charge in [0.1, 0.15) is 5.82 Å². The van der Waals surface area contributed by atoms with Crippen LogP contribution in [0.5, 0.6) is 0 Å². The Balaban J connectivity index is 1.41. The van der Waals surface area contributed by atoms with Gasteiger partial charge in [0, 0.05) is 29.3 Å². The van der Waals surface area contributed by atoms with Crippen LogP contribution in [0.4, 0.5) is 28.9 Å². The maximum absolute atomic E-state index is 15.1. The fourth-order valence-electron chi connectivity index (χ4n) is 4.60. The number of alkyl halides is 3. The fraction of sp³-hybridized carbons (Fsp3) is 0.231. The number of nitriles is 1. The summed E-state index contributed by atoms with van der Waals surface area (Å²) < 4.78 is 54.3. The third-order valence-electron chi connectivity index (χ3n) is 6.65. The van der Waals surface area contributed by atoms with Crippen molar-refractivity contribution in [2.45, 2.75) is 37.3 Å². The van der Waals surface area contributed by atoms with Gasteiger partial charge in [-0.2, -0.15) is 18.4 Å². The minimum Gasteiger partial charge on any atom is -0.319 e. The minimum absolute atomic E-state index is 0.0104. The molecular weight excluding hydrogens is 460 g/mol. The second kappa shape index (κ2) is 8.31. The largest absolute Gasteiger partial charge is 0.417 e. The van der Waals surface area contributed by atoms with Gasteiger partial charge in [-0.3, -0.25) is 14.8 Å². The smallest absolute Gasteiger partial charge is 0.319 e. The number of carbonyl (C=O) groups is 1. The van der Waals surface area contributed by atoms with Crippen molar-refractivity contribution in [1.82, 2.24) is 4.98 Å². The lowest BCUT2D eigenvalue weighted by Crippen LogP contribution is -2.42. The van der Waals surface area contributed by atoms with Crippen LogP contribution in [0.1, 0.15) is 52.0 Å². The topological polar surface area (TPSA) is 78.1 Å². The average molecular weight is 478 g/mol. The van der Waals surface area contributed by atoms with Gasteiger partial charge in [0.25, 0.3) is 5.91 Å². The summed E-state index contributed by atoms with van der Waals surface area (Å²) in [6.07, 6.45) is -1.12. The van der Waals surface area contributed by atoms with E-state index in [0.717, 1.165) is 18.7 Å². The lowest BCUT2D eigenvalue weighted by molar-refractivity contribution is -0.137. The quantitative estimate of drug-likeness (QED) is 0.460. The van der Waals surface area contributed by atoms with Gasteiger partial charge in [0.05, 0.1) is 34.3 Å². The third kappa shape index (κ3) is 4.05. The van der Waals surface area contributed by atoms with E-state index >= 15 is 4.39 Å². The first kappa shape index (κ1) is 22.7. The number of nitrogens with one attached hydrogen (secondary N) is 1. The first-order chi connectivity index (χ1) is 16.7. The highest BCUT2D eigenvalue weighted by Crippen LogP contribution is 2.49. The maximum atomic E-state index is 15.1. The predicted octanol–water partition coefficient (Wildman–Crippen LogP) is 6.11. The zero-order chi connectivity index (χ0) is 24.8. The van der Waals surface area contributed by atoms with Crippen LogP contribution in [0.25, 0.3) is 0 Å². The molecule has 1 N–H and O–H groups in total. The van der Waals surface area contributed by atoms with Crippen molar-refractivity contribution in [3.63, 3.8) is 0 Å². The van der Waals surface area contributed by atoms with Crippen molar-refractivity contribution in [2.24, 2.45) is 4.99 Å². The SMILES string of the molecule is N#Cc1cccc(C(=O)Nc2ccc(C3(C4=Nc5cc(C(F)(F)F)cnc5C4)CCC3)cc2F)c1. The van der Waals surface area contributed by atoms with Gasteiger partial charge < -0.3 is 5.32 Å². The van der Waals surface area contributed by atoms with E-state index < -0.39 is 28.9 Å². The molecule has 9 heteroatoms. The van der Waals surface area contributed by atoms with Crippen LogP contribution >= 0.6 is 0 Å². The first-order valence-electron chi connectivity index (χ1n) is 11.0. The molecule has 0 atom stereocenters. The van der Waals surface area contributed by atoms with Crippen LogP contribution in [-0.2, 0) is 18.0 Å². The normalized spacial score (nSPS) is 16.0. The molecule has 1 amide bonds. The molecule has 2 aliphatic rings. The summed E-state index contributed by atoms with van der Waals surface area (Å²) in [6, 6.07) is 13.6. The number of rotatable bonds is 4. The van der Waals surface area contributed by atoms with E-state index in [9.17, 15) is 18.0 Å². The highest BCUT2D eigenvalue weighted by Gasteiger charge is 2.45. The van der Waals surface area contributed by atoms with Crippen molar-refractivity contribution in [1.29, 1.82) is 5.26 Å². The Bertz CT molecular complexity index is 1420. The van der Waals surface area contributed by atoms with Crippen molar-refractivity contribution < 1.29 is 22.4 Å². The molecule has 5 nitrogen and oxygen atoms in total. The molecule has 2 aromatic carbocycles. The van der Waals surface area contributed by atoms with Crippen LogP contribution in [0.15, 0.2) is 59.7 Å². The second-order valence-corrected chi connectivity index (χ2v) is 8.70. The molecule has 5 rings (SSSR count). The molecule has 35 heavy (non-hydrogen) atoms. The van der Waals surface area contributed by atoms with Crippen molar-refractivity contribution in [2.75, 3.05) is 5.32 Å². The number of nitrogens with zero attached hydrogens (tertiary/aromatic N) is 3. The monoisotopic (exact) mass is 478 g/mol. The molecule has 0 radical (unpaired) electrons. The number of hydrogen-bond donors (Lipinski definition) is 1. The van der Waals surface area contributed by atoms with E-state index in [1.54, 1.807) is 18.2 Å². The molecule has 1 saturated carbocycles. The van der Waals surface area contributed by atoms with Crippen LogP contribution in [0.2, 0.25) is 0 Å². The van der Waals surface area contributed by atoms with Gasteiger partial charge in [-0.05, 0) is 54.8 Å². The number of amides is 1. The van der Waals surface area contributed by atoms with Gasteiger partial charge in [0.2, 0.25) is 0 Å². The average Bonchev–Trinajstić information content (AvgIpc) is 3.22. The predicted molar refractivity (Wildman–Crippen MR) is 121 cm³/mol. The molecule has 1 fully saturated rings. The summed E-state index contributed by atoms with van der Waals surface area (Å²) >= 11 is 0. The number of benzene rings is 2. The van der Waals surface area contributed by atoms with Crippen LogP contribution < -0.4 is 5.32 Å². The number of carbonyl (C=O) groups excluding carboxylic acids is 1. The second-order valence-electron chi connectivity index (χ2n) is 8.70. The first-order valence-corrected chi connectivity index (χ1v) is 11.0.